The molecule has 1 aliphatic rings. The van der Waals surface area contributed by atoms with Crippen molar-refractivity contribution >= 4 is 83.4 Å². The molecule has 1 atom stereocenters. The maximum Gasteiger partial charge on any atom is 0.343 e. The Morgan fingerprint density at radius 1 is 0.757 bits per heavy atom. The van der Waals surface area contributed by atoms with Gasteiger partial charge in [-0.3, -0.25) is 4.79 Å². The van der Waals surface area contributed by atoms with E-state index in [4.69, 9.17) is 43.2 Å². The molecule has 0 spiro atoms. The summed E-state index contributed by atoms with van der Waals surface area (Å²) in [5, 5.41) is 8.09. The molecule has 0 saturated carbocycles. The molecule has 1 saturated heterocycles. The molecule has 0 aliphatic carbocycles. The number of aromatic nitrogens is 1. The predicted molar refractivity (Wildman–Crippen MR) is 290 cm³/mol. The second kappa shape index (κ2) is 25.1. The fourth-order valence-electron chi connectivity index (χ4n) is 7.65. The first-order chi connectivity index (χ1) is 35.9. The number of benzene rings is 6. The molecule has 0 bridgehead atoms. The second-order valence-electron chi connectivity index (χ2n) is 17.8. The fourth-order valence-corrected chi connectivity index (χ4v) is 9.17. The van der Waals surface area contributed by atoms with Gasteiger partial charge in [-0.15, -0.1) is 0 Å². The summed E-state index contributed by atoms with van der Waals surface area (Å²) in [6.45, 7) is 11.1. The standard InChI is InChI=1S/C58H56BrN3O11S/c1-5-14-51(63)62(57-61-47-15-9-10-16-50(47)74-57)60-37-43-36-41(22-29-48(43)71-54(65)38-17-24-44(25-18-38)67-31-11-7-8-12-32-69-52(64)6-2)40-21-28-46-42(35-40)23-30-49(53(46)59)72-55(66)39-19-26-45(27-20-39)68-33-13-34-70-56-58(3,4)73-56/h6,9-10,15-30,35-37,56H,2,5,7-8,11-14,31-34H2,1,3-4H3/b60-37+. The number of unbranched alkanes of at least 4 members (excludes halogenated alkanes) is 3. The van der Waals surface area contributed by atoms with E-state index in [0.717, 1.165) is 63.9 Å². The molecule has 0 radical (unpaired) electrons. The highest BCUT2D eigenvalue weighted by atomic mass is 79.9. The number of hydrogen-bond acceptors (Lipinski definition) is 14. The topological polar surface area (TPSA) is 165 Å². The Hall–Kier alpha value is -7.24. The van der Waals surface area contributed by atoms with Gasteiger partial charge in [0.25, 0.3) is 0 Å². The molecule has 14 nitrogen and oxygen atoms in total. The van der Waals surface area contributed by atoms with Crippen molar-refractivity contribution in [3.63, 3.8) is 0 Å². The van der Waals surface area contributed by atoms with E-state index in [1.165, 1.54) is 22.6 Å². The summed E-state index contributed by atoms with van der Waals surface area (Å²) in [4.78, 5) is 56.5. The van der Waals surface area contributed by atoms with Crippen LogP contribution in [0.25, 0.3) is 32.1 Å². The SMILES string of the molecule is C=CC(=O)OCCCCCCOc1ccc(C(=O)Oc2ccc(-c3ccc4c(Br)c(OC(=O)c5ccc(OCCCOC6OC6(C)C)cc5)ccc4c3)cc2/C=N/N(C(=O)CCC)c2nc3ccccc3s2)cc1. The zero-order valence-electron chi connectivity index (χ0n) is 41.4. The van der Waals surface area contributed by atoms with Crippen LogP contribution in [0.1, 0.15) is 92.0 Å². The summed E-state index contributed by atoms with van der Waals surface area (Å²) in [7, 11) is 0. The molecule has 1 fully saturated rings. The van der Waals surface area contributed by atoms with E-state index < -0.39 is 17.9 Å². The minimum atomic E-state index is -0.597. The number of esters is 3. The number of amides is 1. The number of nitrogens with zero attached hydrogens (tertiary/aromatic N) is 3. The van der Waals surface area contributed by atoms with Crippen molar-refractivity contribution < 1.29 is 52.3 Å². The molecule has 7 aromatic rings. The molecule has 382 valence electrons. The van der Waals surface area contributed by atoms with Crippen LogP contribution in [0.3, 0.4) is 0 Å². The maximum atomic E-state index is 13.7. The monoisotopic (exact) mass is 1080 g/mol. The van der Waals surface area contributed by atoms with E-state index in [1.807, 2.05) is 81.4 Å². The quantitative estimate of drug-likeness (QED) is 0.0101. The first-order valence-corrected chi connectivity index (χ1v) is 26.1. The average molecular weight is 1080 g/mol. The molecule has 74 heavy (non-hydrogen) atoms. The van der Waals surface area contributed by atoms with Gasteiger partial charge in [0.15, 0.2) is 6.29 Å². The Labute approximate surface area is 442 Å². The highest BCUT2D eigenvalue weighted by molar-refractivity contribution is 9.10. The van der Waals surface area contributed by atoms with Crippen molar-refractivity contribution in [1.82, 2.24) is 4.98 Å². The van der Waals surface area contributed by atoms with Crippen LogP contribution in [0.5, 0.6) is 23.0 Å². The molecule has 0 N–H and O–H groups in total. The molecule has 16 heteroatoms. The van der Waals surface area contributed by atoms with Crippen molar-refractivity contribution in [3.05, 3.63) is 155 Å². The minimum absolute atomic E-state index is 0.166. The van der Waals surface area contributed by atoms with Gasteiger partial charge in [-0.25, -0.2) is 19.4 Å². The number of anilines is 1. The van der Waals surface area contributed by atoms with E-state index in [0.29, 0.717) is 82.8 Å². The molecular weight excluding hydrogens is 1030 g/mol. The lowest BCUT2D eigenvalue weighted by molar-refractivity contribution is -0.137. The van der Waals surface area contributed by atoms with Gasteiger partial charge in [-0.05, 0) is 169 Å². The van der Waals surface area contributed by atoms with Crippen molar-refractivity contribution in [2.75, 3.05) is 31.4 Å². The molecule has 6 aromatic carbocycles. The Balaban J connectivity index is 0.965. The second-order valence-corrected chi connectivity index (χ2v) is 19.6. The third-order valence-corrected chi connectivity index (χ3v) is 13.6. The van der Waals surface area contributed by atoms with Crippen LogP contribution in [0, 0.1) is 0 Å². The number of thiazole rings is 1. The number of carbonyl (C=O) groups is 4. The lowest BCUT2D eigenvalue weighted by Crippen LogP contribution is -2.25. The Morgan fingerprint density at radius 3 is 2.04 bits per heavy atom. The van der Waals surface area contributed by atoms with Gasteiger partial charge in [0.05, 0.1) is 58.5 Å². The first-order valence-electron chi connectivity index (χ1n) is 24.5. The molecular formula is C58H56BrN3O11S. The van der Waals surface area contributed by atoms with E-state index in [2.05, 4.69) is 22.5 Å². The van der Waals surface area contributed by atoms with E-state index in [9.17, 15) is 19.2 Å². The lowest BCUT2D eigenvalue weighted by atomic mass is 9.99. The smallest absolute Gasteiger partial charge is 0.343 e. The Morgan fingerprint density at radius 2 is 1.38 bits per heavy atom. The van der Waals surface area contributed by atoms with Crippen molar-refractivity contribution in [2.45, 2.75) is 77.6 Å². The molecule has 2 heterocycles. The van der Waals surface area contributed by atoms with Gasteiger partial charge < -0.3 is 33.2 Å². The number of hydrazone groups is 1. The molecule has 1 amide bonds. The number of para-hydroxylation sites is 1. The molecule has 1 unspecified atom stereocenters. The zero-order valence-corrected chi connectivity index (χ0v) is 43.8. The minimum Gasteiger partial charge on any atom is -0.494 e. The summed E-state index contributed by atoms with van der Waals surface area (Å²) >= 11 is 5.04. The molecule has 1 aromatic heterocycles. The van der Waals surface area contributed by atoms with Crippen molar-refractivity contribution in [2.24, 2.45) is 5.10 Å². The maximum absolute atomic E-state index is 13.7. The third kappa shape index (κ3) is 14.1. The van der Waals surface area contributed by atoms with E-state index >= 15 is 0 Å². The first kappa shape index (κ1) is 53.1. The normalized spacial score (nSPS) is 13.6. The Kier molecular flexibility index (Phi) is 18.0. The summed E-state index contributed by atoms with van der Waals surface area (Å²) in [6, 6.07) is 36.1. The summed E-state index contributed by atoms with van der Waals surface area (Å²) in [5.74, 6) is 0.0513. The van der Waals surface area contributed by atoms with Crippen LogP contribution in [0.2, 0.25) is 0 Å². The van der Waals surface area contributed by atoms with Crippen LogP contribution in [-0.2, 0) is 23.8 Å². The van der Waals surface area contributed by atoms with Crippen molar-refractivity contribution in [3.8, 4) is 34.1 Å². The van der Waals surface area contributed by atoms with Crippen LogP contribution < -0.4 is 24.0 Å². The third-order valence-electron chi connectivity index (χ3n) is 11.8. The van der Waals surface area contributed by atoms with Gasteiger partial charge in [0.2, 0.25) is 11.0 Å². The van der Waals surface area contributed by atoms with Gasteiger partial charge >= 0.3 is 17.9 Å². The summed E-state index contributed by atoms with van der Waals surface area (Å²) < 4.78 is 41.3. The summed E-state index contributed by atoms with van der Waals surface area (Å²) in [6.07, 6.45) is 7.43. The summed E-state index contributed by atoms with van der Waals surface area (Å²) in [5.41, 5.74) is 3.26. The number of epoxide rings is 1. The highest BCUT2D eigenvalue weighted by Gasteiger charge is 2.49. The van der Waals surface area contributed by atoms with Gasteiger partial charge in [0, 0.05) is 24.5 Å². The van der Waals surface area contributed by atoms with Gasteiger partial charge in [-0.2, -0.15) is 10.1 Å². The van der Waals surface area contributed by atoms with E-state index in [-0.39, 0.29) is 30.0 Å². The number of ether oxygens (including phenoxy) is 7. The van der Waals surface area contributed by atoms with Crippen LogP contribution in [0.15, 0.2) is 144 Å². The van der Waals surface area contributed by atoms with Crippen molar-refractivity contribution in [1.29, 1.82) is 0 Å². The van der Waals surface area contributed by atoms with Crippen LogP contribution in [-0.4, -0.2) is 73.3 Å². The highest BCUT2D eigenvalue weighted by Crippen LogP contribution is 2.38. The molecule has 8 rings (SSSR count). The van der Waals surface area contributed by atoms with Crippen LogP contribution in [0.4, 0.5) is 5.13 Å². The predicted octanol–water partition coefficient (Wildman–Crippen LogP) is 13.1. The lowest BCUT2D eigenvalue weighted by Gasteiger charge is -2.15. The fraction of sp³-hybridized carbons (Fsp3) is 0.276. The average Bonchev–Trinajstić information content (AvgIpc) is 3.79. The Bertz CT molecular complexity index is 3120. The van der Waals surface area contributed by atoms with Gasteiger partial charge in [0.1, 0.15) is 28.6 Å². The number of fused-ring (bicyclic) bond motifs is 2. The van der Waals surface area contributed by atoms with Gasteiger partial charge in [-0.1, -0.05) is 61.2 Å². The number of carbonyl (C=O) groups excluding carboxylic acids is 4. The number of hydrogen-bond donors (Lipinski definition) is 0. The van der Waals surface area contributed by atoms with Crippen LogP contribution >= 0.6 is 27.3 Å². The number of rotatable bonds is 25. The largest absolute Gasteiger partial charge is 0.494 e. The number of halogens is 1. The van der Waals surface area contributed by atoms with E-state index in [1.54, 1.807) is 60.7 Å². The molecule has 1 aliphatic heterocycles. The zero-order chi connectivity index (χ0) is 52.0.